The molecule has 0 radical (unpaired) electrons. The molecule has 4 nitrogen and oxygen atoms in total. The molecule has 4 heteroatoms. The second kappa shape index (κ2) is 10.2. The normalized spacial score (nSPS) is 9.75. The smallest absolute Gasteiger partial charge is 0.158 e. The summed E-state index contributed by atoms with van der Waals surface area (Å²) in [5.41, 5.74) is 3.37. The van der Waals surface area contributed by atoms with Gasteiger partial charge in [-0.3, -0.25) is 9.59 Å². The molecule has 0 aliphatic rings. The summed E-state index contributed by atoms with van der Waals surface area (Å²) >= 11 is 0. The molecule has 0 spiro atoms. The average molecular weight is 328 g/mol. The van der Waals surface area contributed by atoms with Crippen LogP contribution in [0.1, 0.15) is 37.8 Å². The minimum absolute atomic E-state index is 0.121. The van der Waals surface area contributed by atoms with Gasteiger partial charge in [0.15, 0.2) is 11.6 Å². The highest BCUT2D eigenvalue weighted by atomic mass is 16.3. The van der Waals surface area contributed by atoms with E-state index in [0.29, 0.717) is 24.0 Å². The summed E-state index contributed by atoms with van der Waals surface area (Å²) in [6, 6.07) is 3.73. The van der Waals surface area contributed by atoms with Crippen LogP contribution in [0.4, 0.5) is 0 Å². The highest BCUT2D eigenvalue weighted by molar-refractivity contribution is 5.94. The molecule has 0 saturated heterocycles. The van der Waals surface area contributed by atoms with Gasteiger partial charge in [0.05, 0.1) is 25.1 Å². The summed E-state index contributed by atoms with van der Waals surface area (Å²) in [6.45, 7) is 10.6. The van der Waals surface area contributed by atoms with E-state index in [1.807, 2.05) is 12.1 Å². The van der Waals surface area contributed by atoms with Crippen molar-refractivity contribution < 1.29 is 18.4 Å². The van der Waals surface area contributed by atoms with E-state index in [0.717, 1.165) is 24.0 Å². The van der Waals surface area contributed by atoms with Crippen LogP contribution >= 0.6 is 0 Å². The van der Waals surface area contributed by atoms with Gasteiger partial charge in [-0.15, -0.1) is 0 Å². The monoisotopic (exact) mass is 328 g/mol. The maximum absolute atomic E-state index is 11.1. The van der Waals surface area contributed by atoms with E-state index >= 15 is 0 Å². The molecule has 0 aliphatic heterocycles. The Hall–Kier alpha value is -2.62. The molecule has 2 rings (SSSR count). The van der Waals surface area contributed by atoms with Crippen molar-refractivity contribution in [3.8, 4) is 0 Å². The van der Waals surface area contributed by atoms with Crippen LogP contribution in [0.25, 0.3) is 0 Å². The SMILES string of the molecule is C=C(C)C(=O)CCc1ccoc1.C=C(C)C(=O)CCc1ccoc1. The first kappa shape index (κ1) is 19.4. The molecular formula is C20H24O4. The molecule has 0 N–H and O–H groups in total. The minimum Gasteiger partial charge on any atom is -0.472 e. The van der Waals surface area contributed by atoms with E-state index in [4.69, 9.17) is 8.83 Å². The lowest BCUT2D eigenvalue weighted by molar-refractivity contribution is -0.116. The number of rotatable bonds is 8. The Balaban J connectivity index is 0.000000240. The van der Waals surface area contributed by atoms with Crippen molar-refractivity contribution in [2.45, 2.75) is 39.5 Å². The Morgan fingerprint density at radius 3 is 1.46 bits per heavy atom. The van der Waals surface area contributed by atoms with Crippen molar-refractivity contribution in [2.75, 3.05) is 0 Å². The number of carbonyl (C=O) groups excluding carboxylic acids is 2. The van der Waals surface area contributed by atoms with Gasteiger partial charge < -0.3 is 8.83 Å². The standard InChI is InChI=1S/2C10H12O2/c2*1-8(2)10(11)4-3-9-5-6-12-7-9/h2*5-7H,1,3-4H2,2H3. The summed E-state index contributed by atoms with van der Waals surface area (Å²) in [5, 5.41) is 0. The number of ketones is 2. The number of allylic oxidation sites excluding steroid dienone is 2. The zero-order valence-electron chi connectivity index (χ0n) is 14.3. The van der Waals surface area contributed by atoms with Gasteiger partial charge >= 0.3 is 0 Å². The molecule has 2 heterocycles. The molecule has 0 bridgehead atoms. The lowest BCUT2D eigenvalue weighted by Gasteiger charge is -1.96. The Bertz CT molecular complexity index is 600. The van der Waals surface area contributed by atoms with Gasteiger partial charge in [-0.2, -0.15) is 0 Å². The van der Waals surface area contributed by atoms with E-state index < -0.39 is 0 Å². The molecule has 2 aromatic rings. The zero-order valence-corrected chi connectivity index (χ0v) is 14.3. The van der Waals surface area contributed by atoms with Crippen LogP contribution in [0.15, 0.2) is 70.3 Å². The average Bonchev–Trinajstić information content (AvgIpc) is 3.23. The van der Waals surface area contributed by atoms with E-state index in [9.17, 15) is 9.59 Å². The fourth-order valence-electron chi connectivity index (χ4n) is 1.81. The predicted octanol–water partition coefficient (Wildman–Crippen LogP) is 4.71. The number of furan rings is 2. The largest absolute Gasteiger partial charge is 0.472 e. The molecule has 0 fully saturated rings. The predicted molar refractivity (Wildman–Crippen MR) is 93.7 cm³/mol. The van der Waals surface area contributed by atoms with Crippen LogP contribution in [-0.2, 0) is 22.4 Å². The van der Waals surface area contributed by atoms with Gasteiger partial charge in [-0.25, -0.2) is 0 Å². The summed E-state index contributed by atoms with van der Waals surface area (Å²) in [6.07, 6.45) is 9.06. The molecule has 0 aromatic carbocycles. The third-order valence-electron chi connectivity index (χ3n) is 3.39. The van der Waals surface area contributed by atoms with Crippen molar-refractivity contribution in [1.29, 1.82) is 0 Å². The van der Waals surface area contributed by atoms with Crippen molar-refractivity contribution in [3.05, 3.63) is 72.6 Å². The highest BCUT2D eigenvalue weighted by Crippen LogP contribution is 2.07. The Morgan fingerprint density at radius 2 is 1.21 bits per heavy atom. The third-order valence-corrected chi connectivity index (χ3v) is 3.39. The van der Waals surface area contributed by atoms with Crippen molar-refractivity contribution in [1.82, 2.24) is 0 Å². The van der Waals surface area contributed by atoms with Crippen molar-refractivity contribution in [2.24, 2.45) is 0 Å². The van der Waals surface area contributed by atoms with Crippen LogP contribution in [0, 0.1) is 0 Å². The molecule has 0 aliphatic carbocycles. The number of hydrogen-bond acceptors (Lipinski definition) is 4. The maximum atomic E-state index is 11.1. The second-order valence-electron chi connectivity index (χ2n) is 5.67. The Labute approximate surface area is 142 Å². The first-order chi connectivity index (χ1) is 11.4. The van der Waals surface area contributed by atoms with Crippen molar-refractivity contribution in [3.63, 3.8) is 0 Å². The maximum Gasteiger partial charge on any atom is 0.158 e. The van der Waals surface area contributed by atoms with Gasteiger partial charge in [0.1, 0.15) is 0 Å². The van der Waals surface area contributed by atoms with E-state index in [1.54, 1.807) is 38.9 Å². The van der Waals surface area contributed by atoms with E-state index in [2.05, 4.69) is 13.2 Å². The number of carbonyl (C=O) groups is 2. The van der Waals surface area contributed by atoms with E-state index in [1.165, 1.54) is 0 Å². The highest BCUT2D eigenvalue weighted by Gasteiger charge is 2.03. The molecule has 0 saturated carbocycles. The lowest BCUT2D eigenvalue weighted by atomic mass is 10.1. The Kier molecular flexibility index (Phi) is 8.26. The number of aryl methyl sites for hydroxylation is 2. The quantitative estimate of drug-likeness (QED) is 0.658. The summed E-state index contributed by atoms with van der Waals surface area (Å²) in [7, 11) is 0. The van der Waals surface area contributed by atoms with Crippen molar-refractivity contribution >= 4 is 11.6 Å². The summed E-state index contributed by atoms with van der Waals surface area (Å²) in [5.74, 6) is 0.243. The lowest BCUT2D eigenvalue weighted by Crippen LogP contribution is -1.99. The minimum atomic E-state index is 0.121. The zero-order chi connectivity index (χ0) is 17.9. The Morgan fingerprint density at radius 1 is 0.833 bits per heavy atom. The summed E-state index contributed by atoms with van der Waals surface area (Å²) < 4.78 is 9.75. The topological polar surface area (TPSA) is 60.4 Å². The van der Waals surface area contributed by atoms with Crippen LogP contribution in [0.2, 0.25) is 0 Å². The number of Topliss-reactive ketones (excluding diaryl/α,β-unsaturated/α-hetero) is 2. The molecule has 0 atom stereocenters. The van der Waals surface area contributed by atoms with Gasteiger partial charge in [0, 0.05) is 12.8 Å². The first-order valence-corrected chi connectivity index (χ1v) is 7.79. The molecule has 0 amide bonds. The first-order valence-electron chi connectivity index (χ1n) is 7.79. The van der Waals surface area contributed by atoms with Crippen LogP contribution < -0.4 is 0 Å². The second-order valence-corrected chi connectivity index (χ2v) is 5.67. The third kappa shape index (κ3) is 7.58. The fourth-order valence-corrected chi connectivity index (χ4v) is 1.81. The fraction of sp³-hybridized carbons (Fsp3) is 0.300. The van der Waals surface area contributed by atoms with Crippen LogP contribution in [0.5, 0.6) is 0 Å². The number of hydrogen-bond donors (Lipinski definition) is 0. The van der Waals surface area contributed by atoms with Crippen LogP contribution in [0.3, 0.4) is 0 Å². The van der Waals surface area contributed by atoms with E-state index in [-0.39, 0.29) is 11.6 Å². The van der Waals surface area contributed by atoms with Gasteiger partial charge in [0.2, 0.25) is 0 Å². The summed E-state index contributed by atoms with van der Waals surface area (Å²) in [4.78, 5) is 22.2. The van der Waals surface area contributed by atoms with Gasteiger partial charge in [-0.05, 0) is 61.1 Å². The molecule has 128 valence electrons. The molecule has 2 aromatic heterocycles. The van der Waals surface area contributed by atoms with Crippen LogP contribution in [-0.4, -0.2) is 11.6 Å². The molecule has 24 heavy (non-hydrogen) atoms. The molecular weight excluding hydrogens is 304 g/mol. The van der Waals surface area contributed by atoms with Gasteiger partial charge in [0.25, 0.3) is 0 Å². The van der Waals surface area contributed by atoms with Gasteiger partial charge in [-0.1, -0.05) is 13.2 Å². The molecule has 0 unspecified atom stereocenters.